The fourth-order valence-electron chi connectivity index (χ4n) is 2.33. The highest BCUT2D eigenvalue weighted by molar-refractivity contribution is 7.16. The predicted octanol–water partition coefficient (Wildman–Crippen LogP) is 4.85. The van der Waals surface area contributed by atoms with E-state index in [1.807, 2.05) is 13.8 Å². The topological polar surface area (TPSA) is 28.2 Å². The van der Waals surface area contributed by atoms with Crippen molar-refractivity contribution in [2.24, 2.45) is 0 Å². The largest absolute Gasteiger partial charge is 0.416 e. The molecule has 0 spiro atoms. The van der Waals surface area contributed by atoms with Gasteiger partial charge < -0.3 is 5.32 Å². The quantitative estimate of drug-likeness (QED) is 0.746. The van der Waals surface area contributed by atoms with Crippen LogP contribution in [-0.2, 0) is 12.7 Å². The SMILES string of the molecule is CCN(CC)Cc1sc(NC)nc1-c1cc(F)cc(C(F)(F)F)c1. The monoisotopic (exact) mass is 361 g/mol. The number of anilines is 1. The summed E-state index contributed by atoms with van der Waals surface area (Å²) in [6, 6.07) is 2.54. The van der Waals surface area contributed by atoms with Gasteiger partial charge in [0.05, 0.1) is 11.3 Å². The van der Waals surface area contributed by atoms with Crippen LogP contribution in [0.2, 0.25) is 0 Å². The van der Waals surface area contributed by atoms with E-state index in [4.69, 9.17) is 0 Å². The summed E-state index contributed by atoms with van der Waals surface area (Å²) in [7, 11) is 1.69. The fraction of sp³-hybridized carbons (Fsp3) is 0.438. The van der Waals surface area contributed by atoms with Gasteiger partial charge in [-0.25, -0.2) is 9.37 Å². The number of halogens is 4. The lowest BCUT2D eigenvalue weighted by atomic mass is 10.1. The Morgan fingerprint density at radius 1 is 1.17 bits per heavy atom. The first-order valence-corrected chi connectivity index (χ1v) is 8.38. The number of nitrogens with one attached hydrogen (secondary N) is 1. The summed E-state index contributed by atoms with van der Waals surface area (Å²) < 4.78 is 52.6. The fourth-order valence-corrected chi connectivity index (χ4v) is 3.31. The summed E-state index contributed by atoms with van der Waals surface area (Å²) in [5.41, 5.74) is -0.478. The van der Waals surface area contributed by atoms with Gasteiger partial charge in [0, 0.05) is 24.0 Å². The van der Waals surface area contributed by atoms with Crippen LogP contribution in [0.25, 0.3) is 11.3 Å². The molecule has 2 rings (SSSR count). The molecule has 1 aromatic heterocycles. The standard InChI is InChI=1S/C16H19F4N3S/c1-4-23(5-2)9-13-14(22-15(21-3)24-13)10-6-11(16(18,19)20)8-12(17)7-10/h6-8H,4-5,9H2,1-3H3,(H,21,22). The molecular weight excluding hydrogens is 342 g/mol. The Balaban J connectivity index is 2.51. The number of nitrogens with zero attached hydrogens (tertiary/aromatic N) is 2. The molecule has 132 valence electrons. The molecule has 1 N–H and O–H groups in total. The van der Waals surface area contributed by atoms with Crippen LogP contribution in [0.3, 0.4) is 0 Å². The molecule has 0 aliphatic rings. The second-order valence-electron chi connectivity index (χ2n) is 5.23. The Morgan fingerprint density at radius 2 is 1.83 bits per heavy atom. The molecule has 0 atom stereocenters. The third-order valence-corrected chi connectivity index (χ3v) is 4.73. The first-order chi connectivity index (χ1) is 11.3. The summed E-state index contributed by atoms with van der Waals surface area (Å²) in [6.45, 7) is 6.18. The van der Waals surface area contributed by atoms with E-state index in [1.165, 1.54) is 11.3 Å². The Labute approximate surface area is 142 Å². The average Bonchev–Trinajstić information content (AvgIpc) is 2.94. The molecular formula is C16H19F4N3S. The van der Waals surface area contributed by atoms with Crippen molar-refractivity contribution in [1.82, 2.24) is 9.88 Å². The minimum Gasteiger partial charge on any atom is -0.365 e. The van der Waals surface area contributed by atoms with Gasteiger partial charge in [0.25, 0.3) is 0 Å². The molecule has 0 fully saturated rings. The molecule has 0 aliphatic heterocycles. The highest BCUT2D eigenvalue weighted by Gasteiger charge is 2.32. The number of hydrogen-bond donors (Lipinski definition) is 1. The molecule has 8 heteroatoms. The molecule has 0 saturated carbocycles. The van der Waals surface area contributed by atoms with Crippen molar-refractivity contribution in [2.45, 2.75) is 26.6 Å². The molecule has 1 heterocycles. The summed E-state index contributed by atoms with van der Waals surface area (Å²) >= 11 is 1.37. The van der Waals surface area contributed by atoms with Crippen LogP contribution in [-0.4, -0.2) is 30.0 Å². The summed E-state index contributed by atoms with van der Waals surface area (Å²) in [5, 5.41) is 3.49. The van der Waals surface area contributed by atoms with E-state index in [0.717, 1.165) is 30.1 Å². The number of rotatable bonds is 6. The smallest absolute Gasteiger partial charge is 0.365 e. The third-order valence-electron chi connectivity index (χ3n) is 3.67. The van der Waals surface area contributed by atoms with Crippen molar-refractivity contribution in [3.63, 3.8) is 0 Å². The number of aromatic nitrogens is 1. The molecule has 0 saturated heterocycles. The second-order valence-corrected chi connectivity index (χ2v) is 6.31. The van der Waals surface area contributed by atoms with Gasteiger partial charge in [-0.15, -0.1) is 11.3 Å². The maximum absolute atomic E-state index is 13.7. The normalized spacial score (nSPS) is 12.0. The van der Waals surface area contributed by atoms with Crippen LogP contribution in [0.4, 0.5) is 22.7 Å². The second kappa shape index (κ2) is 7.48. The van der Waals surface area contributed by atoms with E-state index in [9.17, 15) is 17.6 Å². The summed E-state index contributed by atoms with van der Waals surface area (Å²) in [5.74, 6) is -0.923. The minimum absolute atomic E-state index is 0.141. The minimum atomic E-state index is -4.60. The molecule has 2 aromatic rings. The van der Waals surface area contributed by atoms with Crippen LogP contribution < -0.4 is 5.32 Å². The molecule has 0 radical (unpaired) electrons. The van der Waals surface area contributed by atoms with Crippen LogP contribution in [0, 0.1) is 5.82 Å². The van der Waals surface area contributed by atoms with Gasteiger partial charge in [-0.3, -0.25) is 4.90 Å². The zero-order chi connectivity index (χ0) is 17.9. The van der Waals surface area contributed by atoms with Gasteiger partial charge in [0.15, 0.2) is 5.13 Å². The van der Waals surface area contributed by atoms with Gasteiger partial charge in [0.1, 0.15) is 5.82 Å². The van der Waals surface area contributed by atoms with Crippen LogP contribution in [0.5, 0.6) is 0 Å². The number of benzene rings is 1. The van der Waals surface area contributed by atoms with E-state index < -0.39 is 17.6 Å². The Kier molecular flexibility index (Phi) is 5.82. The summed E-state index contributed by atoms with van der Waals surface area (Å²) in [4.78, 5) is 7.26. The molecule has 0 amide bonds. The van der Waals surface area contributed by atoms with Crippen molar-refractivity contribution >= 4 is 16.5 Å². The van der Waals surface area contributed by atoms with E-state index in [0.29, 0.717) is 23.4 Å². The lowest BCUT2D eigenvalue weighted by Gasteiger charge is -2.17. The molecule has 1 aromatic carbocycles. The molecule has 0 aliphatic carbocycles. The lowest BCUT2D eigenvalue weighted by molar-refractivity contribution is -0.137. The Hall–Kier alpha value is -1.67. The van der Waals surface area contributed by atoms with Gasteiger partial charge in [-0.2, -0.15) is 13.2 Å². The molecule has 0 bridgehead atoms. The van der Waals surface area contributed by atoms with Gasteiger partial charge in [0.2, 0.25) is 0 Å². The Morgan fingerprint density at radius 3 is 2.38 bits per heavy atom. The van der Waals surface area contributed by atoms with Crippen molar-refractivity contribution in [2.75, 3.05) is 25.5 Å². The third kappa shape index (κ3) is 4.24. The molecule has 0 unspecified atom stereocenters. The number of hydrogen-bond acceptors (Lipinski definition) is 4. The van der Waals surface area contributed by atoms with E-state index in [-0.39, 0.29) is 5.56 Å². The Bertz CT molecular complexity index is 693. The van der Waals surface area contributed by atoms with Crippen LogP contribution in [0.15, 0.2) is 18.2 Å². The van der Waals surface area contributed by atoms with Gasteiger partial charge in [-0.05, 0) is 31.3 Å². The average molecular weight is 361 g/mol. The van der Waals surface area contributed by atoms with E-state index in [1.54, 1.807) is 7.05 Å². The highest BCUT2D eigenvalue weighted by Crippen LogP contribution is 2.36. The van der Waals surface area contributed by atoms with Crippen LogP contribution >= 0.6 is 11.3 Å². The molecule has 24 heavy (non-hydrogen) atoms. The van der Waals surface area contributed by atoms with Gasteiger partial charge in [-0.1, -0.05) is 13.8 Å². The maximum Gasteiger partial charge on any atom is 0.416 e. The first kappa shape index (κ1) is 18.7. The van der Waals surface area contributed by atoms with Crippen molar-refractivity contribution in [1.29, 1.82) is 0 Å². The van der Waals surface area contributed by atoms with Crippen LogP contribution in [0.1, 0.15) is 24.3 Å². The highest BCUT2D eigenvalue weighted by atomic mass is 32.1. The zero-order valence-corrected chi connectivity index (χ0v) is 14.5. The molecule has 3 nitrogen and oxygen atoms in total. The lowest BCUT2D eigenvalue weighted by Crippen LogP contribution is -2.21. The first-order valence-electron chi connectivity index (χ1n) is 7.56. The van der Waals surface area contributed by atoms with Gasteiger partial charge >= 0.3 is 6.18 Å². The van der Waals surface area contributed by atoms with E-state index in [2.05, 4.69) is 15.2 Å². The maximum atomic E-state index is 13.7. The predicted molar refractivity (Wildman–Crippen MR) is 88.7 cm³/mol. The van der Waals surface area contributed by atoms with Crippen molar-refractivity contribution in [3.8, 4) is 11.3 Å². The van der Waals surface area contributed by atoms with Crippen molar-refractivity contribution < 1.29 is 17.6 Å². The zero-order valence-electron chi connectivity index (χ0n) is 13.7. The number of alkyl halides is 3. The van der Waals surface area contributed by atoms with Crippen molar-refractivity contribution in [3.05, 3.63) is 34.5 Å². The number of thiazole rings is 1. The van der Waals surface area contributed by atoms with E-state index >= 15 is 0 Å². The summed E-state index contributed by atoms with van der Waals surface area (Å²) in [6.07, 6.45) is -4.60.